The highest BCUT2D eigenvalue weighted by Crippen LogP contribution is 2.34. The van der Waals surface area contributed by atoms with E-state index in [0.29, 0.717) is 5.56 Å². The van der Waals surface area contributed by atoms with Crippen molar-refractivity contribution in [3.8, 4) is 11.1 Å². The molecule has 0 radical (unpaired) electrons. The van der Waals surface area contributed by atoms with Crippen molar-refractivity contribution in [3.05, 3.63) is 48.0 Å². The minimum absolute atomic E-state index is 0.206. The SMILES string of the molecule is O=C(O)c1ccc(-c2cncnc2)cc1C(F)(F)F. The highest BCUT2D eigenvalue weighted by atomic mass is 19.4. The van der Waals surface area contributed by atoms with Crippen LogP contribution in [-0.2, 0) is 6.18 Å². The molecule has 0 saturated carbocycles. The van der Waals surface area contributed by atoms with Gasteiger partial charge in [-0.3, -0.25) is 0 Å². The number of hydrogen-bond donors (Lipinski definition) is 1. The summed E-state index contributed by atoms with van der Waals surface area (Å²) in [7, 11) is 0. The van der Waals surface area contributed by atoms with Gasteiger partial charge in [-0.1, -0.05) is 6.07 Å². The largest absolute Gasteiger partial charge is 0.478 e. The van der Waals surface area contributed by atoms with Crippen LogP contribution in [0, 0.1) is 0 Å². The molecule has 0 saturated heterocycles. The molecule has 98 valence electrons. The molecule has 0 amide bonds. The first-order valence-electron chi connectivity index (χ1n) is 5.09. The van der Waals surface area contributed by atoms with Gasteiger partial charge in [0.1, 0.15) is 6.33 Å². The van der Waals surface area contributed by atoms with Crippen molar-refractivity contribution in [2.75, 3.05) is 0 Å². The van der Waals surface area contributed by atoms with Crippen LogP contribution in [0.4, 0.5) is 13.2 Å². The van der Waals surface area contributed by atoms with Crippen molar-refractivity contribution in [2.24, 2.45) is 0 Å². The van der Waals surface area contributed by atoms with Crippen molar-refractivity contribution >= 4 is 5.97 Å². The van der Waals surface area contributed by atoms with E-state index in [2.05, 4.69) is 9.97 Å². The van der Waals surface area contributed by atoms with Crippen molar-refractivity contribution in [1.82, 2.24) is 9.97 Å². The first-order valence-corrected chi connectivity index (χ1v) is 5.09. The molecule has 2 aromatic rings. The van der Waals surface area contributed by atoms with Gasteiger partial charge in [-0.25, -0.2) is 14.8 Å². The van der Waals surface area contributed by atoms with Crippen LogP contribution in [0.1, 0.15) is 15.9 Å². The van der Waals surface area contributed by atoms with Gasteiger partial charge in [0.05, 0.1) is 11.1 Å². The highest BCUT2D eigenvalue weighted by molar-refractivity contribution is 5.90. The third kappa shape index (κ3) is 2.70. The van der Waals surface area contributed by atoms with Gasteiger partial charge in [-0.05, 0) is 17.7 Å². The number of carbonyl (C=O) groups is 1. The van der Waals surface area contributed by atoms with Gasteiger partial charge in [0, 0.05) is 18.0 Å². The van der Waals surface area contributed by atoms with Crippen LogP contribution >= 0.6 is 0 Å². The molecule has 19 heavy (non-hydrogen) atoms. The van der Waals surface area contributed by atoms with Crippen LogP contribution in [0.3, 0.4) is 0 Å². The van der Waals surface area contributed by atoms with Gasteiger partial charge in [-0.2, -0.15) is 13.2 Å². The van der Waals surface area contributed by atoms with Crippen LogP contribution in [0.15, 0.2) is 36.9 Å². The number of aromatic nitrogens is 2. The third-order valence-electron chi connectivity index (χ3n) is 2.45. The van der Waals surface area contributed by atoms with E-state index >= 15 is 0 Å². The van der Waals surface area contributed by atoms with E-state index < -0.39 is 23.3 Å². The summed E-state index contributed by atoms with van der Waals surface area (Å²) in [4.78, 5) is 18.2. The molecule has 7 heteroatoms. The molecule has 0 spiro atoms. The number of benzene rings is 1. The number of rotatable bonds is 2. The minimum atomic E-state index is -4.74. The quantitative estimate of drug-likeness (QED) is 0.909. The predicted octanol–water partition coefficient (Wildman–Crippen LogP) is 2.86. The van der Waals surface area contributed by atoms with Crippen LogP contribution in [0.5, 0.6) is 0 Å². The Kier molecular flexibility index (Phi) is 3.20. The third-order valence-corrected chi connectivity index (χ3v) is 2.45. The van der Waals surface area contributed by atoms with Crippen molar-refractivity contribution in [2.45, 2.75) is 6.18 Å². The number of halogens is 3. The summed E-state index contributed by atoms with van der Waals surface area (Å²) in [5.74, 6) is -1.62. The number of aromatic carboxylic acids is 1. The van der Waals surface area contributed by atoms with Gasteiger partial charge >= 0.3 is 12.1 Å². The molecule has 0 aliphatic heterocycles. The van der Waals surface area contributed by atoms with E-state index in [9.17, 15) is 18.0 Å². The standard InChI is InChI=1S/C12H7F3N2O2/c13-12(14,15)10-3-7(1-2-9(10)11(18)19)8-4-16-6-17-5-8/h1-6H,(H,18,19). The summed E-state index contributed by atoms with van der Waals surface area (Å²) in [6.07, 6.45) is -0.787. The first kappa shape index (κ1) is 13.0. The molecule has 1 aromatic heterocycles. The van der Waals surface area contributed by atoms with E-state index in [1.165, 1.54) is 24.8 Å². The smallest absolute Gasteiger partial charge is 0.417 e. The minimum Gasteiger partial charge on any atom is -0.478 e. The summed E-state index contributed by atoms with van der Waals surface area (Å²) in [5, 5.41) is 8.77. The summed E-state index contributed by atoms with van der Waals surface area (Å²) in [6, 6.07) is 2.99. The fraction of sp³-hybridized carbons (Fsp3) is 0.0833. The Morgan fingerprint density at radius 2 is 1.74 bits per heavy atom. The Labute approximate surface area is 105 Å². The molecule has 0 fully saturated rings. The summed E-state index contributed by atoms with van der Waals surface area (Å²) in [5.41, 5.74) is -1.39. The predicted molar refractivity (Wildman–Crippen MR) is 59.4 cm³/mol. The van der Waals surface area contributed by atoms with Gasteiger partial charge < -0.3 is 5.11 Å². The molecule has 0 unspecified atom stereocenters. The number of alkyl halides is 3. The average Bonchev–Trinajstić information content (AvgIpc) is 2.38. The lowest BCUT2D eigenvalue weighted by Crippen LogP contribution is -2.13. The maximum atomic E-state index is 12.8. The van der Waals surface area contributed by atoms with Crippen molar-refractivity contribution < 1.29 is 23.1 Å². The lowest BCUT2D eigenvalue weighted by Gasteiger charge is -2.12. The van der Waals surface area contributed by atoms with E-state index in [-0.39, 0.29) is 5.56 Å². The zero-order chi connectivity index (χ0) is 14.0. The second kappa shape index (κ2) is 4.68. The Bertz CT molecular complexity index is 612. The Morgan fingerprint density at radius 1 is 1.11 bits per heavy atom. The molecule has 4 nitrogen and oxygen atoms in total. The van der Waals surface area contributed by atoms with Gasteiger partial charge in [0.2, 0.25) is 0 Å². The highest BCUT2D eigenvalue weighted by Gasteiger charge is 2.35. The van der Waals surface area contributed by atoms with Crippen LogP contribution in [0.2, 0.25) is 0 Å². The summed E-state index contributed by atoms with van der Waals surface area (Å²) < 4.78 is 38.4. The van der Waals surface area contributed by atoms with Crippen molar-refractivity contribution in [3.63, 3.8) is 0 Å². The fourth-order valence-electron chi connectivity index (χ4n) is 1.59. The van der Waals surface area contributed by atoms with E-state index in [1.807, 2.05) is 0 Å². The fourth-order valence-corrected chi connectivity index (χ4v) is 1.59. The molecule has 0 bridgehead atoms. The molecule has 0 atom stereocenters. The number of nitrogens with zero attached hydrogens (tertiary/aromatic N) is 2. The molecular formula is C12H7F3N2O2. The monoisotopic (exact) mass is 268 g/mol. The maximum Gasteiger partial charge on any atom is 0.417 e. The maximum absolute atomic E-state index is 12.8. The zero-order valence-electron chi connectivity index (χ0n) is 9.35. The zero-order valence-corrected chi connectivity index (χ0v) is 9.35. The van der Waals surface area contributed by atoms with E-state index in [4.69, 9.17) is 5.11 Å². The lowest BCUT2D eigenvalue weighted by molar-refractivity contribution is -0.138. The van der Waals surface area contributed by atoms with Gasteiger partial charge in [0.15, 0.2) is 0 Å². The summed E-state index contributed by atoms with van der Waals surface area (Å²) >= 11 is 0. The molecular weight excluding hydrogens is 261 g/mol. The molecule has 0 aliphatic carbocycles. The first-order chi connectivity index (χ1) is 8.89. The molecule has 1 N–H and O–H groups in total. The second-order valence-electron chi connectivity index (χ2n) is 3.69. The number of carboxylic acid groups (broad SMARTS) is 1. The average molecular weight is 268 g/mol. The number of carboxylic acids is 1. The molecule has 1 aromatic carbocycles. The molecule has 0 aliphatic rings. The molecule has 2 rings (SSSR count). The summed E-state index contributed by atoms with van der Waals surface area (Å²) in [6.45, 7) is 0. The van der Waals surface area contributed by atoms with Crippen LogP contribution in [-0.4, -0.2) is 21.0 Å². The Hall–Kier alpha value is -2.44. The topological polar surface area (TPSA) is 63.1 Å². The van der Waals surface area contributed by atoms with Gasteiger partial charge in [0.25, 0.3) is 0 Å². The van der Waals surface area contributed by atoms with Crippen LogP contribution in [0.25, 0.3) is 11.1 Å². The Balaban J connectivity index is 2.60. The molecule has 1 heterocycles. The van der Waals surface area contributed by atoms with Crippen molar-refractivity contribution in [1.29, 1.82) is 0 Å². The second-order valence-corrected chi connectivity index (χ2v) is 3.69. The van der Waals surface area contributed by atoms with Crippen LogP contribution < -0.4 is 0 Å². The van der Waals surface area contributed by atoms with Gasteiger partial charge in [-0.15, -0.1) is 0 Å². The normalized spacial score (nSPS) is 11.3. The van der Waals surface area contributed by atoms with E-state index in [1.54, 1.807) is 0 Å². The van der Waals surface area contributed by atoms with E-state index in [0.717, 1.165) is 12.1 Å². The number of hydrogen-bond acceptors (Lipinski definition) is 3. The lowest BCUT2D eigenvalue weighted by atomic mass is 10.0. The Morgan fingerprint density at radius 3 is 2.26 bits per heavy atom.